The average molecular weight is 295 g/mol. The Hall–Kier alpha value is -2.15. The monoisotopic (exact) mass is 294 g/mol. The van der Waals surface area contributed by atoms with E-state index < -0.39 is 0 Å². The van der Waals surface area contributed by atoms with Crippen LogP contribution in [0.15, 0.2) is 18.3 Å². The number of halogens is 1. The van der Waals surface area contributed by atoms with E-state index in [0.717, 1.165) is 5.56 Å². The molecule has 0 aliphatic carbocycles. The second kappa shape index (κ2) is 6.85. The Morgan fingerprint density at radius 1 is 1.15 bits per heavy atom. The zero-order valence-electron chi connectivity index (χ0n) is 11.2. The Labute approximate surface area is 121 Å². The van der Waals surface area contributed by atoms with E-state index in [4.69, 9.17) is 16.3 Å². The van der Waals surface area contributed by atoms with Gasteiger partial charge in [0.05, 0.1) is 7.11 Å². The van der Waals surface area contributed by atoms with Crippen LogP contribution in [0.2, 0.25) is 5.28 Å². The molecule has 20 heavy (non-hydrogen) atoms. The van der Waals surface area contributed by atoms with E-state index in [1.54, 1.807) is 19.4 Å². The zero-order valence-corrected chi connectivity index (χ0v) is 12.0. The summed E-state index contributed by atoms with van der Waals surface area (Å²) in [6, 6.07) is 3.70. The molecule has 0 aliphatic heterocycles. The third kappa shape index (κ3) is 3.92. The minimum absolute atomic E-state index is 0.145. The van der Waals surface area contributed by atoms with Crippen molar-refractivity contribution in [2.45, 2.75) is 13.5 Å². The van der Waals surface area contributed by atoms with E-state index in [1.807, 2.05) is 13.0 Å². The first-order valence-corrected chi connectivity index (χ1v) is 6.47. The first kappa shape index (κ1) is 14.3. The third-order valence-electron chi connectivity index (χ3n) is 2.40. The lowest BCUT2D eigenvalue weighted by Crippen LogP contribution is -2.09. The van der Waals surface area contributed by atoms with Gasteiger partial charge in [0.25, 0.3) is 0 Å². The number of rotatable bonds is 6. The Bertz CT molecular complexity index is 562. The van der Waals surface area contributed by atoms with Crippen LogP contribution in [0.4, 0.5) is 11.9 Å². The second-order valence-electron chi connectivity index (χ2n) is 3.84. The SMILES string of the molecule is CCNc1nc(Cl)nc(NCc2ccc(OC)nc2)n1. The van der Waals surface area contributed by atoms with Gasteiger partial charge < -0.3 is 15.4 Å². The second-order valence-corrected chi connectivity index (χ2v) is 4.18. The highest BCUT2D eigenvalue weighted by molar-refractivity contribution is 6.28. The number of hydrogen-bond acceptors (Lipinski definition) is 7. The number of pyridine rings is 1. The maximum Gasteiger partial charge on any atom is 0.229 e. The van der Waals surface area contributed by atoms with E-state index in [1.165, 1.54) is 0 Å². The van der Waals surface area contributed by atoms with Crippen molar-refractivity contribution in [2.24, 2.45) is 0 Å². The Balaban J connectivity index is 2.02. The van der Waals surface area contributed by atoms with Gasteiger partial charge in [-0.05, 0) is 24.1 Å². The number of nitrogens with zero attached hydrogens (tertiary/aromatic N) is 4. The highest BCUT2D eigenvalue weighted by Gasteiger charge is 2.04. The lowest BCUT2D eigenvalue weighted by molar-refractivity contribution is 0.397. The molecule has 2 aromatic rings. The summed E-state index contributed by atoms with van der Waals surface area (Å²) in [4.78, 5) is 16.3. The minimum Gasteiger partial charge on any atom is -0.481 e. The summed E-state index contributed by atoms with van der Waals surface area (Å²) in [6.45, 7) is 3.19. The summed E-state index contributed by atoms with van der Waals surface area (Å²) in [7, 11) is 1.58. The maximum absolute atomic E-state index is 5.84. The quantitative estimate of drug-likeness (QED) is 0.842. The van der Waals surface area contributed by atoms with Crippen LogP contribution in [-0.4, -0.2) is 33.6 Å². The van der Waals surface area contributed by atoms with Gasteiger partial charge in [-0.2, -0.15) is 15.0 Å². The van der Waals surface area contributed by atoms with Gasteiger partial charge in [0.1, 0.15) is 0 Å². The minimum atomic E-state index is 0.145. The number of methoxy groups -OCH3 is 1. The van der Waals surface area contributed by atoms with Crippen LogP contribution in [0.3, 0.4) is 0 Å². The van der Waals surface area contributed by atoms with Crippen molar-refractivity contribution >= 4 is 23.5 Å². The van der Waals surface area contributed by atoms with E-state index >= 15 is 0 Å². The standard InChI is InChI=1S/C12H15ClN6O/c1-3-14-11-17-10(13)18-12(19-11)16-7-8-4-5-9(20-2)15-6-8/h4-6H,3,7H2,1-2H3,(H2,14,16,17,18,19). The Morgan fingerprint density at radius 2 is 1.90 bits per heavy atom. The van der Waals surface area contributed by atoms with Crippen molar-refractivity contribution < 1.29 is 4.74 Å². The number of anilines is 2. The molecule has 0 bridgehead atoms. The molecule has 0 aromatic carbocycles. The van der Waals surface area contributed by atoms with Gasteiger partial charge in [0.15, 0.2) is 0 Å². The number of aromatic nitrogens is 4. The van der Waals surface area contributed by atoms with Crippen molar-refractivity contribution in [1.29, 1.82) is 0 Å². The van der Waals surface area contributed by atoms with Crippen molar-refractivity contribution in [2.75, 3.05) is 24.3 Å². The molecular formula is C12H15ClN6O. The van der Waals surface area contributed by atoms with Gasteiger partial charge in [-0.15, -0.1) is 0 Å². The smallest absolute Gasteiger partial charge is 0.229 e. The first-order valence-electron chi connectivity index (χ1n) is 6.09. The summed E-state index contributed by atoms with van der Waals surface area (Å²) in [5.74, 6) is 1.44. The normalized spacial score (nSPS) is 10.2. The lowest BCUT2D eigenvalue weighted by atomic mass is 10.3. The highest BCUT2D eigenvalue weighted by atomic mass is 35.5. The highest BCUT2D eigenvalue weighted by Crippen LogP contribution is 2.11. The molecule has 2 aromatic heterocycles. The number of nitrogens with one attached hydrogen (secondary N) is 2. The molecule has 2 rings (SSSR count). The summed E-state index contributed by atoms with van der Waals surface area (Å²) in [5.41, 5.74) is 0.979. The summed E-state index contributed by atoms with van der Waals surface area (Å²) >= 11 is 5.84. The number of hydrogen-bond donors (Lipinski definition) is 2. The molecule has 0 saturated heterocycles. The fraction of sp³-hybridized carbons (Fsp3) is 0.333. The molecule has 0 saturated carbocycles. The summed E-state index contributed by atoms with van der Waals surface area (Å²) in [5, 5.41) is 6.20. The van der Waals surface area contributed by atoms with E-state index in [-0.39, 0.29) is 5.28 Å². The van der Waals surface area contributed by atoms with Crippen molar-refractivity contribution in [3.8, 4) is 5.88 Å². The van der Waals surface area contributed by atoms with Crippen molar-refractivity contribution in [1.82, 2.24) is 19.9 Å². The van der Waals surface area contributed by atoms with E-state index in [9.17, 15) is 0 Å². The third-order valence-corrected chi connectivity index (χ3v) is 2.57. The Kier molecular flexibility index (Phi) is 4.89. The molecule has 2 N–H and O–H groups in total. The predicted octanol–water partition coefficient (Wildman–Crippen LogP) is 1.97. The molecule has 106 valence electrons. The van der Waals surface area contributed by atoms with Crippen molar-refractivity contribution in [3.05, 3.63) is 29.2 Å². The molecule has 0 aliphatic rings. The maximum atomic E-state index is 5.84. The van der Waals surface area contributed by atoms with Crippen LogP contribution in [-0.2, 0) is 6.54 Å². The van der Waals surface area contributed by atoms with Crippen LogP contribution in [0.1, 0.15) is 12.5 Å². The van der Waals surface area contributed by atoms with Gasteiger partial charge in [-0.3, -0.25) is 0 Å². The van der Waals surface area contributed by atoms with Gasteiger partial charge >= 0.3 is 0 Å². The largest absolute Gasteiger partial charge is 0.481 e. The first-order chi connectivity index (χ1) is 9.71. The predicted molar refractivity (Wildman–Crippen MR) is 77.1 cm³/mol. The summed E-state index contributed by atoms with van der Waals surface area (Å²) < 4.78 is 5.00. The molecule has 7 nitrogen and oxygen atoms in total. The van der Waals surface area contributed by atoms with Crippen LogP contribution >= 0.6 is 11.6 Å². The fourth-order valence-electron chi connectivity index (χ4n) is 1.48. The molecule has 2 heterocycles. The van der Waals surface area contributed by atoms with Gasteiger partial charge in [0, 0.05) is 25.4 Å². The van der Waals surface area contributed by atoms with Crippen LogP contribution in [0.25, 0.3) is 0 Å². The molecule has 0 spiro atoms. The topological polar surface area (TPSA) is 84.9 Å². The van der Waals surface area contributed by atoms with Gasteiger partial charge in [-0.25, -0.2) is 4.98 Å². The Morgan fingerprint density at radius 3 is 2.50 bits per heavy atom. The van der Waals surface area contributed by atoms with Crippen LogP contribution < -0.4 is 15.4 Å². The molecule has 0 atom stereocenters. The molecule has 0 amide bonds. The molecular weight excluding hydrogens is 280 g/mol. The van der Waals surface area contributed by atoms with Gasteiger partial charge in [-0.1, -0.05) is 6.07 Å². The molecule has 8 heteroatoms. The lowest BCUT2D eigenvalue weighted by Gasteiger charge is -2.07. The van der Waals surface area contributed by atoms with E-state index in [0.29, 0.717) is 30.9 Å². The van der Waals surface area contributed by atoms with Crippen LogP contribution in [0, 0.1) is 0 Å². The van der Waals surface area contributed by atoms with E-state index in [2.05, 4.69) is 30.6 Å². The average Bonchev–Trinajstić information content (AvgIpc) is 2.45. The molecule has 0 radical (unpaired) electrons. The molecule has 0 fully saturated rings. The molecule has 0 unspecified atom stereocenters. The van der Waals surface area contributed by atoms with Crippen molar-refractivity contribution in [3.63, 3.8) is 0 Å². The summed E-state index contributed by atoms with van der Waals surface area (Å²) in [6.07, 6.45) is 1.72. The fourth-order valence-corrected chi connectivity index (χ4v) is 1.64. The van der Waals surface area contributed by atoms with Crippen LogP contribution in [0.5, 0.6) is 5.88 Å². The van der Waals surface area contributed by atoms with Gasteiger partial charge in [0.2, 0.25) is 23.1 Å². The zero-order chi connectivity index (χ0) is 14.4. The number of ether oxygens (including phenoxy) is 1.